The first-order valence-electron chi connectivity index (χ1n) is 8.25. The van der Waals surface area contributed by atoms with Crippen LogP contribution >= 0.6 is 0 Å². The van der Waals surface area contributed by atoms with Gasteiger partial charge in [-0.15, -0.1) is 0 Å². The van der Waals surface area contributed by atoms with E-state index in [1.54, 1.807) is 7.11 Å². The van der Waals surface area contributed by atoms with Gasteiger partial charge in [-0.25, -0.2) is 0 Å². The van der Waals surface area contributed by atoms with Gasteiger partial charge in [0.25, 0.3) is 0 Å². The Bertz CT molecular complexity index is 417. The zero-order valence-corrected chi connectivity index (χ0v) is 12.7. The molecule has 1 saturated carbocycles. The highest BCUT2D eigenvalue weighted by Gasteiger charge is 2.28. The van der Waals surface area contributed by atoms with Crippen molar-refractivity contribution in [1.29, 1.82) is 0 Å². The quantitative estimate of drug-likeness (QED) is 0.818. The van der Waals surface area contributed by atoms with E-state index < -0.39 is 0 Å². The molecule has 1 aliphatic carbocycles. The van der Waals surface area contributed by atoms with Crippen molar-refractivity contribution in [1.82, 2.24) is 4.90 Å². The molecule has 0 spiro atoms. The number of nitrogens with zero attached hydrogens (tertiary/aromatic N) is 1. The molecule has 2 heteroatoms. The summed E-state index contributed by atoms with van der Waals surface area (Å²) in [6, 6.07) is 9.42. The minimum Gasteiger partial charge on any atom is -0.496 e. The molecule has 1 aliphatic heterocycles. The molecule has 0 amide bonds. The molecule has 0 radical (unpaired) electrons. The molecule has 0 atom stereocenters. The summed E-state index contributed by atoms with van der Waals surface area (Å²) >= 11 is 0. The summed E-state index contributed by atoms with van der Waals surface area (Å²) in [4.78, 5) is 2.75. The zero-order chi connectivity index (χ0) is 13.8. The third-order valence-corrected chi connectivity index (χ3v) is 5.18. The summed E-state index contributed by atoms with van der Waals surface area (Å²) < 4.78 is 5.53. The second kappa shape index (κ2) is 6.62. The molecule has 0 aromatic heterocycles. The van der Waals surface area contributed by atoms with Gasteiger partial charge in [-0.2, -0.15) is 0 Å². The SMILES string of the molecule is COc1ccccc1C1CCC(N2CCCCC2)CC1. The van der Waals surface area contributed by atoms with E-state index in [0.29, 0.717) is 5.92 Å². The van der Waals surface area contributed by atoms with Gasteiger partial charge >= 0.3 is 0 Å². The number of likely N-dealkylation sites (tertiary alicyclic amines) is 1. The molecule has 1 aromatic rings. The maximum atomic E-state index is 5.53. The van der Waals surface area contributed by atoms with Crippen molar-refractivity contribution in [3.8, 4) is 5.75 Å². The minimum atomic E-state index is 0.701. The molecule has 1 heterocycles. The van der Waals surface area contributed by atoms with E-state index in [1.165, 1.54) is 63.6 Å². The average molecular weight is 273 g/mol. The van der Waals surface area contributed by atoms with Gasteiger partial charge in [0.15, 0.2) is 0 Å². The lowest BCUT2D eigenvalue weighted by molar-refractivity contribution is 0.125. The number of piperidine rings is 1. The number of para-hydroxylation sites is 1. The monoisotopic (exact) mass is 273 g/mol. The van der Waals surface area contributed by atoms with Crippen molar-refractivity contribution >= 4 is 0 Å². The third kappa shape index (κ3) is 3.01. The highest BCUT2D eigenvalue weighted by Crippen LogP contribution is 2.39. The van der Waals surface area contributed by atoms with Gasteiger partial charge in [0.2, 0.25) is 0 Å². The predicted octanol–water partition coefficient (Wildman–Crippen LogP) is 4.21. The van der Waals surface area contributed by atoms with Crippen LogP contribution in [-0.4, -0.2) is 31.1 Å². The molecule has 2 fully saturated rings. The molecule has 2 nitrogen and oxygen atoms in total. The Labute approximate surface area is 123 Å². The number of benzene rings is 1. The van der Waals surface area contributed by atoms with E-state index in [2.05, 4.69) is 29.2 Å². The summed E-state index contributed by atoms with van der Waals surface area (Å²) in [5.41, 5.74) is 1.42. The normalized spacial score (nSPS) is 28.2. The Balaban J connectivity index is 1.60. The van der Waals surface area contributed by atoms with Crippen LogP contribution in [-0.2, 0) is 0 Å². The highest BCUT2D eigenvalue weighted by atomic mass is 16.5. The highest BCUT2D eigenvalue weighted by molar-refractivity contribution is 5.36. The molecule has 0 unspecified atom stereocenters. The van der Waals surface area contributed by atoms with Gasteiger partial charge in [-0.3, -0.25) is 0 Å². The lowest BCUT2D eigenvalue weighted by atomic mass is 9.80. The van der Waals surface area contributed by atoms with Crippen LogP contribution in [0.3, 0.4) is 0 Å². The smallest absolute Gasteiger partial charge is 0.122 e. The second-order valence-corrected chi connectivity index (χ2v) is 6.34. The lowest BCUT2D eigenvalue weighted by Crippen LogP contribution is -2.41. The van der Waals surface area contributed by atoms with E-state index in [1.807, 2.05) is 0 Å². The molecule has 3 rings (SSSR count). The molecule has 2 aliphatic rings. The van der Waals surface area contributed by atoms with E-state index in [0.717, 1.165) is 11.8 Å². The Hall–Kier alpha value is -1.02. The first-order valence-corrected chi connectivity index (χ1v) is 8.25. The Morgan fingerprint density at radius 2 is 1.65 bits per heavy atom. The molecule has 20 heavy (non-hydrogen) atoms. The molecule has 110 valence electrons. The van der Waals surface area contributed by atoms with Crippen LogP contribution in [0.5, 0.6) is 5.75 Å². The number of hydrogen-bond donors (Lipinski definition) is 0. The summed E-state index contributed by atoms with van der Waals surface area (Å²) in [7, 11) is 1.79. The van der Waals surface area contributed by atoms with E-state index in [-0.39, 0.29) is 0 Å². The van der Waals surface area contributed by atoms with Crippen molar-refractivity contribution in [3.05, 3.63) is 29.8 Å². The number of ether oxygens (including phenoxy) is 1. The van der Waals surface area contributed by atoms with Crippen molar-refractivity contribution in [2.45, 2.75) is 56.9 Å². The van der Waals surface area contributed by atoms with Crippen LogP contribution in [0.25, 0.3) is 0 Å². The van der Waals surface area contributed by atoms with Gasteiger partial charge in [-0.1, -0.05) is 24.6 Å². The van der Waals surface area contributed by atoms with Gasteiger partial charge in [-0.05, 0) is 69.2 Å². The lowest BCUT2D eigenvalue weighted by Gasteiger charge is -2.39. The van der Waals surface area contributed by atoms with E-state index >= 15 is 0 Å². The van der Waals surface area contributed by atoms with E-state index in [9.17, 15) is 0 Å². The number of rotatable bonds is 3. The van der Waals surface area contributed by atoms with Crippen LogP contribution in [0.2, 0.25) is 0 Å². The molecule has 0 N–H and O–H groups in total. The van der Waals surface area contributed by atoms with Crippen molar-refractivity contribution in [3.63, 3.8) is 0 Å². The Morgan fingerprint density at radius 1 is 0.950 bits per heavy atom. The fourth-order valence-corrected chi connectivity index (χ4v) is 4.04. The van der Waals surface area contributed by atoms with E-state index in [4.69, 9.17) is 4.74 Å². The van der Waals surface area contributed by atoms with Crippen LogP contribution in [0.4, 0.5) is 0 Å². The van der Waals surface area contributed by atoms with Gasteiger partial charge in [0.1, 0.15) is 5.75 Å². The van der Waals surface area contributed by atoms with Crippen LogP contribution in [0, 0.1) is 0 Å². The summed E-state index contributed by atoms with van der Waals surface area (Å²) in [5.74, 6) is 1.78. The van der Waals surface area contributed by atoms with Crippen LogP contribution < -0.4 is 4.74 Å². The molecule has 0 bridgehead atoms. The fourth-order valence-electron chi connectivity index (χ4n) is 4.04. The first-order chi connectivity index (χ1) is 9.88. The predicted molar refractivity (Wildman–Crippen MR) is 83.4 cm³/mol. The van der Waals surface area contributed by atoms with Crippen molar-refractivity contribution < 1.29 is 4.74 Å². The zero-order valence-electron chi connectivity index (χ0n) is 12.7. The van der Waals surface area contributed by atoms with Crippen molar-refractivity contribution in [2.75, 3.05) is 20.2 Å². The standard InChI is InChI=1S/C18H27NO/c1-20-18-8-4-3-7-17(18)15-9-11-16(12-10-15)19-13-5-2-6-14-19/h3-4,7-8,15-16H,2,5-6,9-14H2,1H3. The topological polar surface area (TPSA) is 12.5 Å². The maximum Gasteiger partial charge on any atom is 0.122 e. The second-order valence-electron chi connectivity index (χ2n) is 6.34. The minimum absolute atomic E-state index is 0.701. The summed E-state index contributed by atoms with van der Waals surface area (Å²) in [5, 5.41) is 0. The molecule has 1 saturated heterocycles. The summed E-state index contributed by atoms with van der Waals surface area (Å²) in [6.07, 6.45) is 9.63. The average Bonchev–Trinajstić information content (AvgIpc) is 2.56. The van der Waals surface area contributed by atoms with Gasteiger partial charge < -0.3 is 9.64 Å². The van der Waals surface area contributed by atoms with Gasteiger partial charge in [0.05, 0.1) is 7.11 Å². The Kier molecular flexibility index (Phi) is 4.62. The molecular weight excluding hydrogens is 246 g/mol. The summed E-state index contributed by atoms with van der Waals surface area (Å²) in [6.45, 7) is 2.67. The number of methoxy groups -OCH3 is 1. The van der Waals surface area contributed by atoms with Crippen molar-refractivity contribution in [2.24, 2.45) is 0 Å². The fraction of sp³-hybridized carbons (Fsp3) is 0.667. The third-order valence-electron chi connectivity index (χ3n) is 5.18. The first kappa shape index (κ1) is 13.9. The molecular formula is C18H27NO. The molecule has 1 aromatic carbocycles. The van der Waals surface area contributed by atoms with Gasteiger partial charge in [0, 0.05) is 6.04 Å². The largest absolute Gasteiger partial charge is 0.496 e. The van der Waals surface area contributed by atoms with Crippen LogP contribution in [0.1, 0.15) is 56.4 Å². The van der Waals surface area contributed by atoms with Crippen LogP contribution in [0.15, 0.2) is 24.3 Å². The maximum absolute atomic E-state index is 5.53. The Morgan fingerprint density at radius 3 is 2.35 bits per heavy atom. The number of hydrogen-bond acceptors (Lipinski definition) is 2.